The molecule has 54 valence electrons. The molecule has 9 heavy (non-hydrogen) atoms. The van der Waals surface area contributed by atoms with Gasteiger partial charge in [-0.25, -0.2) is 0 Å². The Morgan fingerprint density at radius 3 is 2.00 bits per heavy atom. The lowest BCUT2D eigenvalue weighted by atomic mass is 10.1. The SMILES string of the molecule is CC/C(F)=N\C(C)(C)C. The summed E-state index contributed by atoms with van der Waals surface area (Å²) in [5.41, 5.74) is -0.264. The van der Waals surface area contributed by atoms with Crippen LogP contribution in [-0.4, -0.2) is 11.5 Å². The molecule has 0 saturated heterocycles. The Labute approximate surface area is 56.0 Å². The van der Waals surface area contributed by atoms with E-state index in [9.17, 15) is 4.39 Å². The minimum atomic E-state index is -0.264. The molecule has 0 aromatic carbocycles. The van der Waals surface area contributed by atoms with Crippen LogP contribution in [0.4, 0.5) is 4.39 Å². The van der Waals surface area contributed by atoms with Crippen LogP contribution in [0.5, 0.6) is 0 Å². The number of rotatable bonds is 1. The average Bonchev–Trinajstić information content (AvgIpc) is 1.62. The molecule has 0 saturated carbocycles. The lowest BCUT2D eigenvalue weighted by Crippen LogP contribution is -2.11. The normalized spacial score (nSPS) is 14.1. The molecule has 0 unspecified atom stereocenters. The van der Waals surface area contributed by atoms with Crippen molar-refractivity contribution >= 4 is 5.97 Å². The average molecular weight is 131 g/mol. The molecule has 0 rings (SSSR count). The van der Waals surface area contributed by atoms with E-state index in [0.29, 0.717) is 6.42 Å². The van der Waals surface area contributed by atoms with Gasteiger partial charge in [0.15, 0.2) is 5.97 Å². The first kappa shape index (κ1) is 8.60. The summed E-state index contributed by atoms with van der Waals surface area (Å²) in [6.45, 7) is 7.39. The highest BCUT2D eigenvalue weighted by Crippen LogP contribution is 2.07. The first-order chi connectivity index (χ1) is 3.95. The lowest BCUT2D eigenvalue weighted by Gasteiger charge is -2.10. The van der Waals surface area contributed by atoms with Crippen LogP contribution in [0.25, 0.3) is 0 Å². The Hall–Kier alpha value is -0.400. The summed E-state index contributed by atoms with van der Waals surface area (Å²) in [6.07, 6.45) is 0.400. The van der Waals surface area contributed by atoms with E-state index < -0.39 is 0 Å². The van der Waals surface area contributed by atoms with Gasteiger partial charge >= 0.3 is 0 Å². The highest BCUT2D eigenvalue weighted by atomic mass is 19.1. The Morgan fingerprint density at radius 2 is 1.89 bits per heavy atom. The van der Waals surface area contributed by atoms with Crippen LogP contribution in [0.1, 0.15) is 34.1 Å². The van der Waals surface area contributed by atoms with Crippen LogP contribution in [0, 0.1) is 0 Å². The van der Waals surface area contributed by atoms with Crippen LogP contribution in [0.15, 0.2) is 4.99 Å². The zero-order valence-electron chi connectivity index (χ0n) is 6.53. The van der Waals surface area contributed by atoms with Gasteiger partial charge in [0.25, 0.3) is 0 Å². The number of halogens is 1. The maximum absolute atomic E-state index is 12.4. The van der Waals surface area contributed by atoms with E-state index in [0.717, 1.165) is 0 Å². The van der Waals surface area contributed by atoms with Crippen LogP contribution >= 0.6 is 0 Å². The Bertz CT molecular complexity index is 111. The van der Waals surface area contributed by atoms with Crippen molar-refractivity contribution in [2.45, 2.75) is 39.7 Å². The van der Waals surface area contributed by atoms with Crippen molar-refractivity contribution in [1.29, 1.82) is 0 Å². The summed E-state index contributed by atoms with van der Waals surface area (Å²) < 4.78 is 12.4. The summed E-state index contributed by atoms with van der Waals surface area (Å²) >= 11 is 0. The molecule has 0 amide bonds. The molecule has 0 aromatic heterocycles. The topological polar surface area (TPSA) is 12.4 Å². The van der Waals surface area contributed by atoms with Crippen LogP contribution in [0.2, 0.25) is 0 Å². The number of hydrogen-bond donors (Lipinski definition) is 0. The van der Waals surface area contributed by atoms with Gasteiger partial charge in [-0.3, -0.25) is 4.99 Å². The molecule has 0 radical (unpaired) electrons. The first-order valence-corrected chi connectivity index (χ1v) is 3.20. The molecular weight excluding hydrogens is 117 g/mol. The maximum atomic E-state index is 12.4. The second-order valence-corrected chi connectivity index (χ2v) is 3.01. The van der Waals surface area contributed by atoms with Crippen molar-refractivity contribution in [3.05, 3.63) is 0 Å². The Morgan fingerprint density at radius 1 is 1.44 bits per heavy atom. The molecule has 2 heteroatoms. The van der Waals surface area contributed by atoms with E-state index in [1.807, 2.05) is 20.8 Å². The molecule has 0 bridgehead atoms. The molecule has 0 aliphatic carbocycles. The highest BCUT2D eigenvalue weighted by molar-refractivity contribution is 5.74. The fourth-order valence-electron chi connectivity index (χ4n) is 0.443. The molecule has 0 N–H and O–H groups in total. The largest absolute Gasteiger partial charge is 0.256 e. The van der Waals surface area contributed by atoms with Gasteiger partial charge in [0.1, 0.15) is 0 Å². The molecular formula is C7H14FN. The van der Waals surface area contributed by atoms with Crippen LogP contribution in [-0.2, 0) is 0 Å². The molecule has 0 heterocycles. The van der Waals surface area contributed by atoms with Crippen LogP contribution in [0.3, 0.4) is 0 Å². The summed E-state index contributed by atoms with van der Waals surface area (Å²) in [5, 5.41) is 0. The lowest BCUT2D eigenvalue weighted by molar-refractivity contribution is 0.564. The monoisotopic (exact) mass is 131 g/mol. The highest BCUT2D eigenvalue weighted by Gasteiger charge is 2.07. The second kappa shape index (κ2) is 2.95. The molecule has 0 aliphatic heterocycles. The van der Waals surface area contributed by atoms with E-state index in [2.05, 4.69) is 4.99 Å². The van der Waals surface area contributed by atoms with Crippen molar-refractivity contribution in [2.24, 2.45) is 4.99 Å². The van der Waals surface area contributed by atoms with Gasteiger partial charge in [-0.2, -0.15) is 4.39 Å². The van der Waals surface area contributed by atoms with Gasteiger partial charge in [-0.05, 0) is 20.8 Å². The van der Waals surface area contributed by atoms with Crippen molar-refractivity contribution in [1.82, 2.24) is 0 Å². The fraction of sp³-hybridized carbons (Fsp3) is 0.857. The molecule has 0 atom stereocenters. The number of aliphatic imine (C=N–C) groups is 1. The van der Waals surface area contributed by atoms with Gasteiger partial charge < -0.3 is 0 Å². The Kier molecular flexibility index (Phi) is 2.82. The summed E-state index contributed by atoms with van der Waals surface area (Å²) in [7, 11) is 0. The predicted octanol–water partition coefficient (Wildman–Crippen LogP) is 2.56. The third-order valence-electron chi connectivity index (χ3n) is 0.748. The maximum Gasteiger partial charge on any atom is 0.184 e. The van der Waals surface area contributed by atoms with Crippen molar-refractivity contribution in [3.63, 3.8) is 0 Å². The number of hydrogen-bond acceptors (Lipinski definition) is 1. The zero-order valence-corrected chi connectivity index (χ0v) is 6.53. The zero-order chi connectivity index (χ0) is 7.49. The van der Waals surface area contributed by atoms with Gasteiger partial charge in [0, 0.05) is 6.42 Å². The predicted molar refractivity (Wildman–Crippen MR) is 38.6 cm³/mol. The van der Waals surface area contributed by atoms with E-state index in [1.165, 1.54) is 0 Å². The third kappa shape index (κ3) is 5.47. The number of nitrogens with zero attached hydrogens (tertiary/aromatic N) is 1. The van der Waals surface area contributed by atoms with Gasteiger partial charge in [0.2, 0.25) is 0 Å². The van der Waals surface area contributed by atoms with Gasteiger partial charge in [-0.1, -0.05) is 6.92 Å². The smallest absolute Gasteiger partial charge is 0.184 e. The van der Waals surface area contributed by atoms with E-state index >= 15 is 0 Å². The van der Waals surface area contributed by atoms with Crippen molar-refractivity contribution in [2.75, 3.05) is 0 Å². The minimum Gasteiger partial charge on any atom is -0.256 e. The summed E-state index contributed by atoms with van der Waals surface area (Å²) in [6, 6.07) is 0. The van der Waals surface area contributed by atoms with E-state index in [4.69, 9.17) is 0 Å². The standard InChI is InChI=1S/C7H14FN/c1-5-6(8)9-7(2,3)4/h5H2,1-4H3/b9-6+. The fourth-order valence-corrected chi connectivity index (χ4v) is 0.443. The van der Waals surface area contributed by atoms with E-state index in [1.54, 1.807) is 6.92 Å². The van der Waals surface area contributed by atoms with Gasteiger partial charge in [-0.15, -0.1) is 0 Å². The molecule has 0 fully saturated rings. The van der Waals surface area contributed by atoms with Crippen LogP contribution < -0.4 is 0 Å². The minimum absolute atomic E-state index is 0.262. The Balaban J connectivity index is 3.95. The molecule has 0 aromatic rings. The third-order valence-corrected chi connectivity index (χ3v) is 0.748. The quantitative estimate of drug-likeness (QED) is 0.485. The van der Waals surface area contributed by atoms with Gasteiger partial charge in [0.05, 0.1) is 5.54 Å². The molecule has 0 aliphatic rings. The summed E-state index contributed by atoms with van der Waals surface area (Å²) in [5.74, 6) is -0.262. The molecule has 0 spiro atoms. The van der Waals surface area contributed by atoms with E-state index in [-0.39, 0.29) is 11.5 Å². The van der Waals surface area contributed by atoms with Crippen molar-refractivity contribution in [3.8, 4) is 0 Å². The second-order valence-electron chi connectivity index (χ2n) is 3.01. The first-order valence-electron chi connectivity index (χ1n) is 3.20. The summed E-state index contributed by atoms with van der Waals surface area (Å²) in [4.78, 5) is 3.78. The molecule has 1 nitrogen and oxygen atoms in total. The van der Waals surface area contributed by atoms with Crippen molar-refractivity contribution < 1.29 is 4.39 Å².